The molecule has 1 aromatic carbocycles. The van der Waals surface area contributed by atoms with Gasteiger partial charge < -0.3 is 0 Å². The largest absolute Gasteiger partial charge is 0.240 e. The molecule has 0 spiro atoms. The molecular formula is C10H8N2O2. The van der Waals surface area contributed by atoms with Crippen LogP contribution in [0.1, 0.15) is 11.1 Å². The molecule has 0 atom stereocenters. The molecule has 0 aliphatic heterocycles. The van der Waals surface area contributed by atoms with Crippen LogP contribution in [0.5, 0.6) is 0 Å². The number of aliphatic imine (C=N–C) groups is 2. The molecule has 1 rings (SSSR count). The van der Waals surface area contributed by atoms with Crippen molar-refractivity contribution >= 4 is 23.5 Å². The van der Waals surface area contributed by atoms with Crippen molar-refractivity contribution in [2.45, 2.75) is 13.8 Å². The second-order valence-corrected chi connectivity index (χ2v) is 2.78. The van der Waals surface area contributed by atoms with Gasteiger partial charge in [-0.1, -0.05) is 6.07 Å². The SMILES string of the molecule is Cc1ccc(N=C=O)c(C)c1N=C=O. The molecule has 4 nitrogen and oxygen atoms in total. The first-order valence-corrected chi connectivity index (χ1v) is 3.96. The Bertz CT molecular complexity index is 453. The van der Waals surface area contributed by atoms with Crippen LogP contribution >= 0.6 is 0 Å². The third-order valence-corrected chi connectivity index (χ3v) is 1.93. The summed E-state index contributed by atoms with van der Waals surface area (Å²) >= 11 is 0. The Morgan fingerprint density at radius 2 is 1.71 bits per heavy atom. The van der Waals surface area contributed by atoms with Gasteiger partial charge in [0.2, 0.25) is 12.2 Å². The van der Waals surface area contributed by atoms with Crippen LogP contribution in [0.2, 0.25) is 0 Å². The predicted octanol–water partition coefficient (Wildman–Crippen LogP) is 2.24. The smallest absolute Gasteiger partial charge is 0.211 e. The minimum Gasteiger partial charge on any atom is -0.211 e. The van der Waals surface area contributed by atoms with Crippen LogP contribution < -0.4 is 0 Å². The third kappa shape index (κ3) is 1.83. The predicted molar refractivity (Wildman–Crippen MR) is 51.5 cm³/mol. The van der Waals surface area contributed by atoms with Crippen LogP contribution in [0.3, 0.4) is 0 Å². The summed E-state index contributed by atoms with van der Waals surface area (Å²) in [6, 6.07) is 3.42. The first-order chi connectivity index (χ1) is 6.70. The van der Waals surface area contributed by atoms with E-state index in [4.69, 9.17) is 0 Å². The summed E-state index contributed by atoms with van der Waals surface area (Å²) in [5, 5.41) is 0. The summed E-state index contributed by atoms with van der Waals surface area (Å²) in [4.78, 5) is 27.3. The Kier molecular flexibility index (Phi) is 3.08. The lowest BCUT2D eigenvalue weighted by Crippen LogP contribution is -1.81. The lowest BCUT2D eigenvalue weighted by molar-refractivity contribution is 0.565. The van der Waals surface area contributed by atoms with E-state index in [1.807, 2.05) is 6.92 Å². The second kappa shape index (κ2) is 4.28. The molecular weight excluding hydrogens is 180 g/mol. The Morgan fingerprint density at radius 1 is 1.07 bits per heavy atom. The van der Waals surface area contributed by atoms with E-state index in [0.29, 0.717) is 16.9 Å². The molecule has 0 aliphatic rings. The first-order valence-electron chi connectivity index (χ1n) is 3.96. The van der Waals surface area contributed by atoms with Gasteiger partial charge in [-0.25, -0.2) is 9.59 Å². The van der Waals surface area contributed by atoms with Gasteiger partial charge >= 0.3 is 0 Å². The lowest BCUT2D eigenvalue weighted by Gasteiger charge is -2.04. The Balaban J connectivity index is 3.47. The van der Waals surface area contributed by atoms with Crippen LogP contribution in [0.25, 0.3) is 0 Å². The maximum atomic E-state index is 10.1. The lowest BCUT2D eigenvalue weighted by atomic mass is 10.1. The summed E-state index contributed by atoms with van der Waals surface area (Å²) < 4.78 is 0. The zero-order chi connectivity index (χ0) is 10.6. The van der Waals surface area contributed by atoms with E-state index < -0.39 is 0 Å². The van der Waals surface area contributed by atoms with Crippen LogP contribution in [-0.2, 0) is 9.59 Å². The number of hydrogen-bond acceptors (Lipinski definition) is 4. The fourth-order valence-corrected chi connectivity index (χ4v) is 1.21. The van der Waals surface area contributed by atoms with Gasteiger partial charge in [0, 0.05) is 5.56 Å². The highest BCUT2D eigenvalue weighted by atomic mass is 16.1. The maximum absolute atomic E-state index is 10.1. The summed E-state index contributed by atoms with van der Waals surface area (Å²) in [6.45, 7) is 3.55. The average Bonchev–Trinajstić information content (AvgIpc) is 2.17. The summed E-state index contributed by atoms with van der Waals surface area (Å²) in [5.74, 6) is 0. The van der Waals surface area contributed by atoms with Crippen LogP contribution in [0.4, 0.5) is 11.4 Å². The molecule has 0 amide bonds. The normalized spacial score (nSPS) is 8.71. The fourth-order valence-electron chi connectivity index (χ4n) is 1.21. The minimum atomic E-state index is 0.472. The fraction of sp³-hybridized carbons (Fsp3) is 0.200. The maximum Gasteiger partial charge on any atom is 0.240 e. The van der Waals surface area contributed by atoms with Crippen molar-refractivity contribution in [3.8, 4) is 0 Å². The zero-order valence-electron chi connectivity index (χ0n) is 7.87. The molecule has 0 saturated carbocycles. The van der Waals surface area contributed by atoms with Gasteiger partial charge in [0.25, 0.3) is 0 Å². The van der Waals surface area contributed by atoms with Crippen molar-refractivity contribution in [2.24, 2.45) is 9.98 Å². The van der Waals surface area contributed by atoms with Gasteiger partial charge in [-0.15, -0.1) is 0 Å². The Morgan fingerprint density at radius 3 is 2.29 bits per heavy atom. The van der Waals surface area contributed by atoms with E-state index in [2.05, 4.69) is 9.98 Å². The van der Waals surface area contributed by atoms with Gasteiger partial charge in [0.1, 0.15) is 0 Å². The Labute approximate surface area is 81.0 Å². The molecule has 0 heterocycles. The van der Waals surface area contributed by atoms with Gasteiger partial charge in [-0.05, 0) is 25.5 Å². The standard InChI is InChI=1S/C10H8N2O2/c1-7-3-4-9(11-5-13)8(2)10(7)12-6-14/h3-4H,1-2H3. The van der Waals surface area contributed by atoms with Crippen molar-refractivity contribution in [3.05, 3.63) is 23.3 Å². The highest BCUT2D eigenvalue weighted by molar-refractivity contribution is 5.68. The van der Waals surface area contributed by atoms with E-state index in [9.17, 15) is 9.59 Å². The minimum absolute atomic E-state index is 0.472. The van der Waals surface area contributed by atoms with Gasteiger partial charge in [-0.3, -0.25) is 0 Å². The molecule has 0 radical (unpaired) electrons. The van der Waals surface area contributed by atoms with E-state index in [1.54, 1.807) is 19.1 Å². The van der Waals surface area contributed by atoms with Crippen LogP contribution in [0.15, 0.2) is 22.1 Å². The molecule has 0 bridgehead atoms. The number of isocyanates is 2. The van der Waals surface area contributed by atoms with Gasteiger partial charge in [0.05, 0.1) is 11.4 Å². The molecule has 1 aromatic rings. The molecule has 0 unspecified atom stereocenters. The number of rotatable bonds is 2. The van der Waals surface area contributed by atoms with Gasteiger partial charge in [-0.2, -0.15) is 9.98 Å². The molecule has 70 valence electrons. The number of carbonyl (C=O) groups excluding carboxylic acids is 2. The number of nitrogens with zero attached hydrogens (tertiary/aromatic N) is 2. The molecule has 14 heavy (non-hydrogen) atoms. The van der Waals surface area contributed by atoms with E-state index in [0.717, 1.165) is 5.56 Å². The van der Waals surface area contributed by atoms with Crippen molar-refractivity contribution in [1.29, 1.82) is 0 Å². The molecule has 0 aromatic heterocycles. The van der Waals surface area contributed by atoms with Crippen molar-refractivity contribution < 1.29 is 9.59 Å². The average molecular weight is 188 g/mol. The quantitative estimate of drug-likeness (QED) is 0.527. The molecule has 0 aliphatic carbocycles. The molecule has 4 heteroatoms. The molecule has 0 N–H and O–H groups in total. The Hall–Kier alpha value is -2.02. The number of aryl methyl sites for hydroxylation is 1. The summed E-state index contributed by atoms with van der Waals surface area (Å²) in [7, 11) is 0. The zero-order valence-corrected chi connectivity index (χ0v) is 7.87. The second-order valence-electron chi connectivity index (χ2n) is 2.78. The van der Waals surface area contributed by atoms with Crippen molar-refractivity contribution in [3.63, 3.8) is 0 Å². The van der Waals surface area contributed by atoms with E-state index in [1.165, 1.54) is 12.2 Å². The first kappa shape index (κ1) is 10.1. The van der Waals surface area contributed by atoms with Crippen molar-refractivity contribution in [2.75, 3.05) is 0 Å². The summed E-state index contributed by atoms with van der Waals surface area (Å²) in [6.07, 6.45) is 2.92. The highest BCUT2D eigenvalue weighted by Gasteiger charge is 2.05. The highest BCUT2D eigenvalue weighted by Crippen LogP contribution is 2.30. The van der Waals surface area contributed by atoms with Gasteiger partial charge in [0.15, 0.2) is 0 Å². The topological polar surface area (TPSA) is 58.9 Å². The van der Waals surface area contributed by atoms with E-state index in [-0.39, 0.29) is 0 Å². The van der Waals surface area contributed by atoms with Crippen molar-refractivity contribution in [1.82, 2.24) is 0 Å². The van der Waals surface area contributed by atoms with E-state index >= 15 is 0 Å². The molecule has 0 fully saturated rings. The monoisotopic (exact) mass is 188 g/mol. The number of benzene rings is 1. The number of hydrogen-bond donors (Lipinski definition) is 0. The summed E-state index contributed by atoms with van der Waals surface area (Å²) in [5.41, 5.74) is 2.50. The molecule has 0 saturated heterocycles. The van der Waals surface area contributed by atoms with Crippen LogP contribution in [-0.4, -0.2) is 12.2 Å². The van der Waals surface area contributed by atoms with Crippen LogP contribution in [0, 0.1) is 13.8 Å². The third-order valence-electron chi connectivity index (χ3n) is 1.93.